The summed E-state index contributed by atoms with van der Waals surface area (Å²) in [6.07, 6.45) is 10.7. The summed E-state index contributed by atoms with van der Waals surface area (Å²) in [6, 6.07) is 0. The molecule has 0 amide bonds. The van der Waals surface area contributed by atoms with Gasteiger partial charge < -0.3 is 10.2 Å². The van der Waals surface area contributed by atoms with Crippen LogP contribution < -0.4 is 0 Å². The van der Waals surface area contributed by atoms with E-state index in [2.05, 4.69) is 41.5 Å². The Balaban J connectivity index is 1.66. The van der Waals surface area contributed by atoms with Crippen molar-refractivity contribution in [2.75, 3.05) is 0 Å². The molecule has 0 aromatic carbocycles. The molecule has 4 aliphatic rings. The van der Waals surface area contributed by atoms with Crippen molar-refractivity contribution in [3.05, 3.63) is 0 Å². The fraction of sp³-hybridized carbons (Fsp3) is 0.963. The zero-order chi connectivity index (χ0) is 22.1. The molecule has 0 aromatic heterocycles. The molecule has 4 fully saturated rings. The minimum atomic E-state index is -0.650. The molecule has 172 valence electrons. The highest BCUT2D eigenvalue weighted by molar-refractivity contribution is 5.66. The first kappa shape index (κ1) is 22.6. The van der Waals surface area contributed by atoms with Crippen LogP contribution in [-0.2, 0) is 4.79 Å². The maximum atomic E-state index is 11.2. The number of hydrogen-bond acceptors (Lipinski definition) is 2. The molecule has 0 aliphatic heterocycles. The summed E-state index contributed by atoms with van der Waals surface area (Å²) < 4.78 is 0. The van der Waals surface area contributed by atoms with Gasteiger partial charge in [-0.15, -0.1) is 0 Å². The lowest BCUT2D eigenvalue weighted by Gasteiger charge is -2.71. The van der Waals surface area contributed by atoms with Gasteiger partial charge in [0.1, 0.15) is 0 Å². The average Bonchev–Trinajstić information content (AvgIpc) is 2.95. The predicted molar refractivity (Wildman–Crippen MR) is 121 cm³/mol. The molecule has 0 bridgehead atoms. The first-order chi connectivity index (χ1) is 13.9. The van der Waals surface area contributed by atoms with Gasteiger partial charge in [-0.2, -0.15) is 0 Å². The van der Waals surface area contributed by atoms with Crippen LogP contribution in [0.5, 0.6) is 0 Å². The molecule has 4 aliphatic carbocycles. The fourth-order valence-electron chi connectivity index (χ4n) is 10.0. The number of carbonyl (C=O) groups is 1. The van der Waals surface area contributed by atoms with Crippen molar-refractivity contribution in [2.24, 2.45) is 51.2 Å². The number of hydrogen-bond donors (Lipinski definition) is 2. The maximum absolute atomic E-state index is 11.2. The third-order valence-corrected chi connectivity index (χ3v) is 12.2. The minimum absolute atomic E-state index is 0.0962. The van der Waals surface area contributed by atoms with Gasteiger partial charge in [0.15, 0.2) is 0 Å². The van der Waals surface area contributed by atoms with Crippen molar-refractivity contribution in [2.45, 2.75) is 112 Å². The van der Waals surface area contributed by atoms with Crippen LogP contribution in [0.3, 0.4) is 0 Å². The average molecular weight is 419 g/mol. The molecule has 10 atom stereocenters. The Hall–Kier alpha value is -0.570. The van der Waals surface area contributed by atoms with Gasteiger partial charge >= 0.3 is 5.97 Å². The van der Waals surface area contributed by atoms with Crippen LogP contribution in [0.1, 0.15) is 106 Å². The number of fused-ring (bicyclic) bond motifs is 5. The largest absolute Gasteiger partial charge is 0.481 e. The Bertz CT molecular complexity index is 690. The molecule has 3 heteroatoms. The van der Waals surface area contributed by atoms with E-state index in [-0.39, 0.29) is 6.10 Å². The summed E-state index contributed by atoms with van der Waals surface area (Å²) in [6.45, 7) is 15.2. The van der Waals surface area contributed by atoms with E-state index in [1.807, 2.05) is 0 Å². The fourth-order valence-corrected chi connectivity index (χ4v) is 10.0. The van der Waals surface area contributed by atoms with Gasteiger partial charge in [-0.3, -0.25) is 4.79 Å². The van der Waals surface area contributed by atoms with Crippen molar-refractivity contribution in [1.82, 2.24) is 0 Å². The number of aliphatic carboxylic acids is 1. The monoisotopic (exact) mass is 418 g/mol. The van der Waals surface area contributed by atoms with Crippen molar-refractivity contribution in [3.63, 3.8) is 0 Å². The summed E-state index contributed by atoms with van der Waals surface area (Å²) >= 11 is 0. The molecule has 4 unspecified atom stereocenters. The second-order valence-electron chi connectivity index (χ2n) is 13.0. The highest BCUT2D eigenvalue weighted by Crippen LogP contribution is 2.78. The minimum Gasteiger partial charge on any atom is -0.481 e. The topological polar surface area (TPSA) is 57.5 Å². The second-order valence-corrected chi connectivity index (χ2v) is 13.0. The Labute approximate surface area is 184 Å². The number of carboxylic acids is 1. The Morgan fingerprint density at radius 1 is 0.933 bits per heavy atom. The highest BCUT2D eigenvalue weighted by Gasteiger charge is 2.70. The Kier molecular flexibility index (Phi) is 5.44. The lowest BCUT2D eigenvalue weighted by molar-refractivity contribution is -0.231. The maximum Gasteiger partial charge on any atom is 0.303 e. The molecule has 4 saturated carbocycles. The van der Waals surface area contributed by atoms with Crippen molar-refractivity contribution in [3.8, 4) is 0 Å². The third-order valence-electron chi connectivity index (χ3n) is 12.2. The van der Waals surface area contributed by atoms with Crippen LogP contribution in [0.4, 0.5) is 0 Å². The Morgan fingerprint density at radius 3 is 2.20 bits per heavy atom. The molecule has 0 saturated heterocycles. The van der Waals surface area contributed by atoms with Crippen LogP contribution in [0, 0.1) is 51.2 Å². The summed E-state index contributed by atoms with van der Waals surface area (Å²) in [5.41, 5.74) is 1.37. The smallest absolute Gasteiger partial charge is 0.303 e. The summed E-state index contributed by atoms with van der Waals surface area (Å²) in [4.78, 5) is 11.2. The summed E-state index contributed by atoms with van der Waals surface area (Å²) in [7, 11) is 0. The molecule has 0 spiro atoms. The molecular formula is C27H46O3. The van der Waals surface area contributed by atoms with E-state index in [1.165, 1.54) is 38.5 Å². The van der Waals surface area contributed by atoms with Gasteiger partial charge in [-0.05, 0) is 109 Å². The zero-order valence-electron chi connectivity index (χ0n) is 20.3. The van der Waals surface area contributed by atoms with Crippen LogP contribution in [0.15, 0.2) is 0 Å². The number of aliphatic hydroxyl groups excluding tert-OH is 1. The molecule has 0 heterocycles. The van der Waals surface area contributed by atoms with Gasteiger partial charge in [0.25, 0.3) is 0 Å². The van der Waals surface area contributed by atoms with Gasteiger partial charge in [0, 0.05) is 6.42 Å². The molecule has 2 N–H and O–H groups in total. The first-order valence-corrected chi connectivity index (χ1v) is 12.8. The number of aliphatic hydroxyl groups is 1. The number of carboxylic acid groups (broad SMARTS) is 1. The molecule has 30 heavy (non-hydrogen) atoms. The van der Waals surface area contributed by atoms with E-state index in [0.29, 0.717) is 51.8 Å². The lowest BCUT2D eigenvalue weighted by Crippen LogP contribution is -2.64. The molecule has 0 radical (unpaired) electrons. The van der Waals surface area contributed by atoms with Gasteiger partial charge in [-0.1, -0.05) is 41.5 Å². The SMILES string of the molecule is CC(CCC(=O)O)C1CC[C@@]2(C)C3C[C@H](C)C4C[C@H](O)CC[C@]4(C)[C@@]3(C)CC[C@]12C. The second kappa shape index (κ2) is 7.22. The van der Waals surface area contributed by atoms with Crippen molar-refractivity contribution >= 4 is 5.97 Å². The van der Waals surface area contributed by atoms with Crippen LogP contribution >= 0.6 is 0 Å². The van der Waals surface area contributed by atoms with E-state index in [0.717, 1.165) is 25.2 Å². The number of rotatable bonds is 4. The van der Waals surface area contributed by atoms with E-state index in [4.69, 9.17) is 0 Å². The van der Waals surface area contributed by atoms with E-state index < -0.39 is 5.97 Å². The molecular weight excluding hydrogens is 372 g/mol. The van der Waals surface area contributed by atoms with E-state index in [1.54, 1.807) is 0 Å². The molecule has 3 nitrogen and oxygen atoms in total. The van der Waals surface area contributed by atoms with E-state index in [9.17, 15) is 15.0 Å². The lowest BCUT2D eigenvalue weighted by atomic mass is 9.33. The van der Waals surface area contributed by atoms with Crippen molar-refractivity contribution < 1.29 is 15.0 Å². The molecule has 0 aromatic rings. The van der Waals surface area contributed by atoms with Crippen LogP contribution in [0.25, 0.3) is 0 Å². The molecule has 4 rings (SSSR count). The quantitative estimate of drug-likeness (QED) is 0.545. The third kappa shape index (κ3) is 2.89. The highest BCUT2D eigenvalue weighted by atomic mass is 16.4. The first-order valence-electron chi connectivity index (χ1n) is 12.8. The van der Waals surface area contributed by atoms with Gasteiger partial charge in [0.05, 0.1) is 6.10 Å². The summed E-state index contributed by atoms with van der Waals surface area (Å²) in [5, 5.41) is 19.7. The Morgan fingerprint density at radius 2 is 1.53 bits per heavy atom. The van der Waals surface area contributed by atoms with Crippen LogP contribution in [0.2, 0.25) is 0 Å². The van der Waals surface area contributed by atoms with Crippen molar-refractivity contribution in [1.29, 1.82) is 0 Å². The normalized spacial score (nSPS) is 54.0. The van der Waals surface area contributed by atoms with E-state index >= 15 is 0 Å². The van der Waals surface area contributed by atoms with Gasteiger partial charge in [-0.25, -0.2) is 0 Å². The predicted octanol–water partition coefficient (Wildman–Crippen LogP) is 6.53. The van der Waals surface area contributed by atoms with Gasteiger partial charge in [0.2, 0.25) is 0 Å². The van der Waals surface area contributed by atoms with Crippen LogP contribution in [-0.4, -0.2) is 22.3 Å². The summed E-state index contributed by atoms with van der Waals surface area (Å²) in [5.74, 6) is 2.58. The standard InChI is InChI=1S/C27H46O3/c1-17(7-8-23(29)30)20-10-12-26(5)22-15-18(2)21-16-19(28)9-11-24(21,3)27(22,6)14-13-25(20,26)4/h17-22,28H,7-16H2,1-6H3,(H,29,30)/t17?,18-,19+,20?,21?,22?,24-,25+,26-,27-/m0/s1. The zero-order valence-corrected chi connectivity index (χ0v) is 20.3.